The molecule has 0 aliphatic carbocycles. The highest BCUT2D eigenvalue weighted by Crippen LogP contribution is 2.39. The van der Waals surface area contributed by atoms with E-state index in [9.17, 15) is 19.2 Å². The molecule has 14 nitrogen and oxygen atoms in total. The van der Waals surface area contributed by atoms with Crippen LogP contribution in [0.3, 0.4) is 0 Å². The van der Waals surface area contributed by atoms with Crippen molar-refractivity contribution in [3.8, 4) is 0 Å². The third-order valence-electron chi connectivity index (χ3n) is 12.4. The number of nitrogens with one attached hydrogen (secondary N) is 2. The van der Waals surface area contributed by atoms with Crippen molar-refractivity contribution in [2.45, 2.75) is 201 Å². The molecule has 4 heterocycles. The molecule has 4 aliphatic heterocycles. The number of hydrogen-bond donors (Lipinski definition) is 2. The maximum absolute atomic E-state index is 13.9. The van der Waals surface area contributed by atoms with Gasteiger partial charge in [0.05, 0.1) is 56.7 Å². The molecule has 0 aromatic rings. The second-order valence-electron chi connectivity index (χ2n) is 23.0. The summed E-state index contributed by atoms with van der Waals surface area (Å²) >= 11 is 0. The van der Waals surface area contributed by atoms with Crippen molar-refractivity contribution >= 4 is 23.7 Å². The van der Waals surface area contributed by atoms with E-state index in [-0.39, 0.29) is 71.0 Å². The lowest BCUT2D eigenvalue weighted by Gasteiger charge is -2.48. The molecule has 2 N–H and O–H groups in total. The number of ether oxygens (including phenoxy) is 8. The molecule has 0 amide bonds. The van der Waals surface area contributed by atoms with Crippen molar-refractivity contribution in [2.24, 2.45) is 28.1 Å². The fourth-order valence-corrected chi connectivity index (χ4v) is 10.2. The summed E-state index contributed by atoms with van der Waals surface area (Å²) in [5.74, 6) is -2.72. The molecule has 4 fully saturated rings. The van der Waals surface area contributed by atoms with Gasteiger partial charge in [0.1, 0.15) is 24.6 Å². The van der Waals surface area contributed by atoms with E-state index in [1.54, 1.807) is 7.11 Å². The number of carbonyl (C=O) groups is 4. The van der Waals surface area contributed by atoms with Crippen molar-refractivity contribution in [3.63, 3.8) is 0 Å². The molecule has 0 aromatic carbocycles. The number of hydrogen-bond acceptors (Lipinski definition) is 14. The summed E-state index contributed by atoms with van der Waals surface area (Å²) in [6.45, 7) is 28.3. The SMILES string of the molecule is COCC(C)(C)C1OCC2(CO1)COC(C(C)(C)COC(=O)CC(CCCCC(CC(C)=O)C(=O)OC1CC(C)(C)NC(C)(C)C1)C(=O)OC1CC(C)(C)NC(C)(C)C1)OC2. The molecule has 0 bridgehead atoms. The Morgan fingerprint density at radius 1 is 0.607 bits per heavy atom. The van der Waals surface area contributed by atoms with Crippen LogP contribution in [0.1, 0.15) is 154 Å². The molecular formula is C47H82N2O12. The first kappa shape index (κ1) is 51.4. The maximum atomic E-state index is 13.9. The minimum atomic E-state index is -0.750. The van der Waals surface area contributed by atoms with Crippen molar-refractivity contribution in [1.29, 1.82) is 0 Å². The molecule has 4 aliphatic rings. The van der Waals surface area contributed by atoms with Gasteiger partial charge < -0.3 is 53.3 Å². The first-order valence-electron chi connectivity index (χ1n) is 22.6. The number of unbranched alkanes of at least 4 members (excludes halogenated alkanes) is 1. The fraction of sp³-hybridized carbons (Fsp3) is 0.915. The Morgan fingerprint density at radius 3 is 1.33 bits per heavy atom. The Hall–Kier alpha value is -2.20. The molecule has 2 atom stereocenters. The summed E-state index contributed by atoms with van der Waals surface area (Å²) in [5, 5.41) is 7.24. The minimum Gasteiger partial charge on any atom is -0.465 e. The van der Waals surface area contributed by atoms with Crippen LogP contribution in [0.4, 0.5) is 0 Å². The number of piperidine rings is 2. The van der Waals surface area contributed by atoms with Crippen LogP contribution in [-0.2, 0) is 57.1 Å². The highest BCUT2D eigenvalue weighted by molar-refractivity contribution is 5.83. The number of ketones is 1. The first-order chi connectivity index (χ1) is 28.0. The number of Topliss-reactive ketones (excluding diaryl/α,β-unsaturated/α-hetero) is 1. The summed E-state index contributed by atoms with van der Waals surface area (Å²) in [4.78, 5) is 53.3. The molecule has 0 aromatic heterocycles. The lowest BCUT2D eigenvalue weighted by molar-refractivity contribution is -0.337. The second kappa shape index (κ2) is 20.3. The number of rotatable bonds is 19. The minimum absolute atomic E-state index is 0.0164. The van der Waals surface area contributed by atoms with Gasteiger partial charge in [-0.2, -0.15) is 0 Å². The molecule has 2 unspecified atom stereocenters. The summed E-state index contributed by atoms with van der Waals surface area (Å²) in [6, 6.07) is 0. The Labute approximate surface area is 366 Å². The van der Waals surface area contributed by atoms with E-state index in [1.165, 1.54) is 6.92 Å². The van der Waals surface area contributed by atoms with Crippen LogP contribution in [-0.4, -0.2) is 117 Å². The smallest absolute Gasteiger partial charge is 0.309 e. The second-order valence-corrected chi connectivity index (χ2v) is 23.0. The summed E-state index contributed by atoms with van der Waals surface area (Å²) in [5.41, 5.74) is -2.32. The monoisotopic (exact) mass is 867 g/mol. The Morgan fingerprint density at radius 2 is 0.967 bits per heavy atom. The first-order valence-corrected chi connectivity index (χ1v) is 22.6. The zero-order valence-corrected chi connectivity index (χ0v) is 40.2. The zero-order chi connectivity index (χ0) is 45.7. The zero-order valence-electron chi connectivity index (χ0n) is 40.2. The van der Waals surface area contributed by atoms with Crippen LogP contribution >= 0.6 is 0 Å². The van der Waals surface area contributed by atoms with E-state index in [1.807, 2.05) is 27.7 Å². The largest absolute Gasteiger partial charge is 0.465 e. The van der Waals surface area contributed by atoms with Gasteiger partial charge in [0, 0.05) is 72.2 Å². The molecule has 0 saturated carbocycles. The average molecular weight is 867 g/mol. The Kier molecular flexibility index (Phi) is 17.1. The molecule has 14 heteroatoms. The van der Waals surface area contributed by atoms with Gasteiger partial charge in [-0.15, -0.1) is 0 Å². The number of esters is 3. The van der Waals surface area contributed by atoms with Crippen LogP contribution in [0.25, 0.3) is 0 Å². The van der Waals surface area contributed by atoms with Crippen molar-refractivity contribution in [2.75, 3.05) is 46.8 Å². The summed E-state index contributed by atoms with van der Waals surface area (Å²) in [7, 11) is 1.66. The predicted octanol–water partition coefficient (Wildman–Crippen LogP) is 6.83. The molecule has 4 saturated heterocycles. The lowest BCUT2D eigenvalue weighted by Crippen LogP contribution is -2.59. The van der Waals surface area contributed by atoms with Gasteiger partial charge in [-0.3, -0.25) is 14.4 Å². The number of methoxy groups -OCH3 is 1. The van der Waals surface area contributed by atoms with E-state index in [0.717, 1.165) is 0 Å². The van der Waals surface area contributed by atoms with Gasteiger partial charge in [0.2, 0.25) is 0 Å². The fourth-order valence-electron chi connectivity index (χ4n) is 10.2. The third kappa shape index (κ3) is 15.8. The molecule has 4 rings (SSSR count). The van der Waals surface area contributed by atoms with Crippen molar-refractivity contribution in [1.82, 2.24) is 10.6 Å². The maximum Gasteiger partial charge on any atom is 0.309 e. The van der Waals surface area contributed by atoms with Crippen LogP contribution in [0.15, 0.2) is 0 Å². The third-order valence-corrected chi connectivity index (χ3v) is 12.4. The highest BCUT2D eigenvalue weighted by Gasteiger charge is 2.48. The summed E-state index contributed by atoms with van der Waals surface area (Å²) in [6.07, 6.45) is 2.87. The number of carbonyl (C=O) groups excluding carboxylic acids is 4. The van der Waals surface area contributed by atoms with E-state index in [2.05, 4.69) is 66.0 Å². The van der Waals surface area contributed by atoms with E-state index in [0.29, 0.717) is 84.4 Å². The highest BCUT2D eigenvalue weighted by atomic mass is 16.7. The molecule has 352 valence electrons. The van der Waals surface area contributed by atoms with Gasteiger partial charge in [-0.25, -0.2) is 0 Å². The quantitative estimate of drug-likeness (QED) is 0.0789. The van der Waals surface area contributed by atoms with Gasteiger partial charge in [0.15, 0.2) is 12.6 Å². The van der Waals surface area contributed by atoms with Crippen molar-refractivity contribution in [3.05, 3.63) is 0 Å². The van der Waals surface area contributed by atoms with Gasteiger partial charge in [0.25, 0.3) is 0 Å². The topological polar surface area (TPSA) is 166 Å². The molecule has 1 spiro atoms. The predicted molar refractivity (Wildman–Crippen MR) is 230 cm³/mol. The van der Waals surface area contributed by atoms with Gasteiger partial charge in [-0.1, -0.05) is 40.5 Å². The van der Waals surface area contributed by atoms with Crippen LogP contribution < -0.4 is 10.6 Å². The average Bonchev–Trinajstić information content (AvgIpc) is 3.09. The Bertz CT molecular complexity index is 1460. The molecule has 61 heavy (non-hydrogen) atoms. The van der Waals surface area contributed by atoms with E-state index in [4.69, 9.17) is 37.9 Å². The Balaban J connectivity index is 1.34. The van der Waals surface area contributed by atoms with Gasteiger partial charge >= 0.3 is 17.9 Å². The van der Waals surface area contributed by atoms with Crippen LogP contribution in [0.5, 0.6) is 0 Å². The van der Waals surface area contributed by atoms with E-state index >= 15 is 0 Å². The molecule has 0 radical (unpaired) electrons. The standard InChI is InChI=1S/C47H82N2O12/c1-31(50)19-32(37(52)60-34-21-43(6,7)48-44(8,9)22-34)17-15-16-18-33(38(53)61-35-23-45(10,11)49-46(12,13)24-35)20-36(51)55-26-42(4,5)40-58-29-47(30-59-40)27-56-39(57-28-47)41(2,3)25-54-14/h32-35,39-40,48-49H,15-30H2,1-14H3. The van der Waals surface area contributed by atoms with Crippen LogP contribution in [0, 0.1) is 28.1 Å². The summed E-state index contributed by atoms with van der Waals surface area (Å²) < 4.78 is 48.1. The lowest BCUT2D eigenvalue weighted by atomic mass is 9.81. The molecular weight excluding hydrogens is 785 g/mol. The van der Waals surface area contributed by atoms with Crippen molar-refractivity contribution < 1.29 is 57.1 Å². The van der Waals surface area contributed by atoms with E-state index < -0.39 is 47.2 Å². The van der Waals surface area contributed by atoms with Crippen LogP contribution in [0.2, 0.25) is 0 Å². The van der Waals surface area contributed by atoms with Gasteiger partial charge in [-0.05, 0) is 75.2 Å². The normalized spacial score (nSPS) is 27.8.